The maximum absolute atomic E-state index is 5.16. The molecule has 0 bridgehead atoms. The molecule has 2 nitrogen and oxygen atoms in total. The normalized spacial score (nSPS) is 12.5. The second-order valence-corrected chi connectivity index (χ2v) is 4.94. The summed E-state index contributed by atoms with van der Waals surface area (Å²) < 4.78 is 5.16. The number of hydrogen-bond acceptors (Lipinski definition) is 2. The average molecular weight is 257 g/mol. The van der Waals surface area contributed by atoms with Crippen LogP contribution in [0.2, 0.25) is 0 Å². The third-order valence-corrected chi connectivity index (χ3v) is 3.45. The molecule has 2 rings (SSSR count). The minimum Gasteiger partial charge on any atom is -0.472 e. The van der Waals surface area contributed by atoms with E-state index in [2.05, 4.69) is 43.4 Å². The summed E-state index contributed by atoms with van der Waals surface area (Å²) in [6, 6.07) is 11.3. The molecule has 1 aromatic carbocycles. The molecule has 0 radical (unpaired) electrons. The number of benzene rings is 1. The van der Waals surface area contributed by atoms with Gasteiger partial charge in [0.2, 0.25) is 0 Å². The van der Waals surface area contributed by atoms with Gasteiger partial charge >= 0.3 is 0 Å². The molecule has 2 heteroatoms. The fourth-order valence-corrected chi connectivity index (χ4v) is 2.26. The van der Waals surface area contributed by atoms with Gasteiger partial charge in [0.25, 0.3) is 0 Å². The fraction of sp³-hybridized carbons (Fsp3) is 0.412. The summed E-state index contributed by atoms with van der Waals surface area (Å²) in [5.74, 6) is 0. The summed E-state index contributed by atoms with van der Waals surface area (Å²) in [5, 5.41) is 3.62. The van der Waals surface area contributed by atoms with Gasteiger partial charge in [0.15, 0.2) is 0 Å². The van der Waals surface area contributed by atoms with Gasteiger partial charge in [-0.3, -0.25) is 0 Å². The zero-order valence-electron chi connectivity index (χ0n) is 11.9. The van der Waals surface area contributed by atoms with Gasteiger partial charge in [0.05, 0.1) is 12.5 Å². The Hall–Kier alpha value is -1.54. The van der Waals surface area contributed by atoms with Gasteiger partial charge in [-0.1, -0.05) is 38.1 Å². The van der Waals surface area contributed by atoms with Crippen LogP contribution in [-0.2, 0) is 12.8 Å². The molecule has 1 unspecified atom stereocenters. The first-order valence-corrected chi connectivity index (χ1v) is 7.16. The molecule has 1 aromatic heterocycles. The van der Waals surface area contributed by atoms with Crippen LogP contribution in [0.25, 0.3) is 0 Å². The molecular formula is C17H23NO. The van der Waals surface area contributed by atoms with E-state index in [1.165, 1.54) is 16.7 Å². The van der Waals surface area contributed by atoms with E-state index in [1.54, 1.807) is 6.26 Å². The smallest absolute Gasteiger partial charge is 0.0935 e. The molecule has 0 aliphatic rings. The van der Waals surface area contributed by atoms with E-state index >= 15 is 0 Å². The molecule has 2 aromatic rings. The van der Waals surface area contributed by atoms with Gasteiger partial charge in [-0.15, -0.1) is 0 Å². The Morgan fingerprint density at radius 1 is 1.05 bits per heavy atom. The predicted molar refractivity (Wildman–Crippen MR) is 79.3 cm³/mol. The molecule has 1 N–H and O–H groups in total. The standard InChI is InChI=1S/C17H23NO/c1-3-10-18-17(12-15-9-11-19-13-15)16-7-5-14(4-2)6-8-16/h5-9,11,13,17-18H,3-4,10,12H2,1-2H3. The van der Waals surface area contributed by atoms with E-state index in [0.717, 1.165) is 25.8 Å². The minimum absolute atomic E-state index is 0.364. The Bertz CT molecular complexity index is 459. The van der Waals surface area contributed by atoms with Crippen LogP contribution in [0.3, 0.4) is 0 Å². The van der Waals surface area contributed by atoms with Gasteiger partial charge in [-0.25, -0.2) is 0 Å². The number of rotatable bonds is 7. The van der Waals surface area contributed by atoms with Crippen molar-refractivity contribution in [3.63, 3.8) is 0 Å². The molecule has 102 valence electrons. The lowest BCUT2D eigenvalue weighted by Gasteiger charge is -2.18. The molecule has 0 saturated carbocycles. The van der Waals surface area contributed by atoms with Gasteiger partial charge < -0.3 is 9.73 Å². The second kappa shape index (κ2) is 7.15. The molecule has 0 amide bonds. The maximum Gasteiger partial charge on any atom is 0.0935 e. The van der Waals surface area contributed by atoms with Crippen LogP contribution in [0.4, 0.5) is 0 Å². The van der Waals surface area contributed by atoms with E-state index in [4.69, 9.17) is 4.42 Å². The van der Waals surface area contributed by atoms with E-state index < -0.39 is 0 Å². The largest absolute Gasteiger partial charge is 0.472 e. The Kier molecular flexibility index (Phi) is 5.22. The number of furan rings is 1. The van der Waals surface area contributed by atoms with Crippen molar-refractivity contribution >= 4 is 0 Å². The summed E-state index contributed by atoms with van der Waals surface area (Å²) >= 11 is 0. The van der Waals surface area contributed by atoms with Crippen molar-refractivity contribution in [3.8, 4) is 0 Å². The van der Waals surface area contributed by atoms with Gasteiger partial charge in [-0.05, 0) is 48.6 Å². The Morgan fingerprint density at radius 3 is 2.42 bits per heavy atom. The third kappa shape index (κ3) is 3.97. The fourth-order valence-electron chi connectivity index (χ4n) is 2.26. The Morgan fingerprint density at radius 2 is 1.84 bits per heavy atom. The first-order valence-electron chi connectivity index (χ1n) is 7.16. The van der Waals surface area contributed by atoms with E-state index in [-0.39, 0.29) is 0 Å². The highest BCUT2D eigenvalue weighted by atomic mass is 16.3. The Balaban J connectivity index is 2.10. The first-order chi connectivity index (χ1) is 9.33. The average Bonchev–Trinajstić information content (AvgIpc) is 2.96. The van der Waals surface area contributed by atoms with Gasteiger partial charge in [0, 0.05) is 6.04 Å². The number of aryl methyl sites for hydroxylation is 1. The molecular weight excluding hydrogens is 234 g/mol. The summed E-state index contributed by atoms with van der Waals surface area (Å²) in [6.45, 7) is 5.42. The van der Waals surface area contributed by atoms with Crippen molar-refractivity contribution in [2.75, 3.05) is 6.54 Å². The zero-order chi connectivity index (χ0) is 13.5. The summed E-state index contributed by atoms with van der Waals surface area (Å²) in [7, 11) is 0. The maximum atomic E-state index is 5.16. The number of hydrogen-bond donors (Lipinski definition) is 1. The van der Waals surface area contributed by atoms with Crippen molar-refractivity contribution in [1.29, 1.82) is 0 Å². The highest BCUT2D eigenvalue weighted by Crippen LogP contribution is 2.19. The van der Waals surface area contributed by atoms with Crippen molar-refractivity contribution in [3.05, 3.63) is 59.5 Å². The van der Waals surface area contributed by atoms with Crippen LogP contribution in [-0.4, -0.2) is 6.54 Å². The van der Waals surface area contributed by atoms with Crippen molar-refractivity contribution in [2.24, 2.45) is 0 Å². The van der Waals surface area contributed by atoms with Crippen LogP contribution in [0.1, 0.15) is 43.0 Å². The molecule has 0 fully saturated rings. The monoisotopic (exact) mass is 257 g/mol. The molecule has 0 spiro atoms. The first kappa shape index (κ1) is 13.9. The van der Waals surface area contributed by atoms with E-state index in [0.29, 0.717) is 6.04 Å². The summed E-state index contributed by atoms with van der Waals surface area (Å²) in [6.07, 6.45) is 6.79. The predicted octanol–water partition coefficient (Wildman–Crippen LogP) is 4.13. The van der Waals surface area contributed by atoms with E-state index in [9.17, 15) is 0 Å². The lowest BCUT2D eigenvalue weighted by atomic mass is 9.98. The van der Waals surface area contributed by atoms with Crippen LogP contribution >= 0.6 is 0 Å². The summed E-state index contributed by atoms with van der Waals surface area (Å²) in [4.78, 5) is 0. The third-order valence-electron chi connectivity index (χ3n) is 3.45. The van der Waals surface area contributed by atoms with Crippen molar-refractivity contribution in [2.45, 2.75) is 39.2 Å². The molecule has 1 heterocycles. The molecule has 19 heavy (non-hydrogen) atoms. The zero-order valence-corrected chi connectivity index (χ0v) is 11.9. The van der Waals surface area contributed by atoms with Crippen molar-refractivity contribution in [1.82, 2.24) is 5.32 Å². The highest BCUT2D eigenvalue weighted by Gasteiger charge is 2.12. The van der Waals surface area contributed by atoms with E-state index in [1.807, 2.05) is 12.3 Å². The number of nitrogens with one attached hydrogen (secondary N) is 1. The van der Waals surface area contributed by atoms with Crippen LogP contribution in [0, 0.1) is 0 Å². The molecule has 0 aliphatic heterocycles. The quantitative estimate of drug-likeness (QED) is 0.807. The Labute approximate surface area is 115 Å². The lowest BCUT2D eigenvalue weighted by Crippen LogP contribution is -2.24. The molecule has 0 saturated heterocycles. The highest BCUT2D eigenvalue weighted by molar-refractivity contribution is 5.26. The second-order valence-electron chi connectivity index (χ2n) is 4.94. The van der Waals surface area contributed by atoms with Crippen LogP contribution in [0.15, 0.2) is 47.3 Å². The topological polar surface area (TPSA) is 25.2 Å². The minimum atomic E-state index is 0.364. The van der Waals surface area contributed by atoms with Crippen LogP contribution in [0.5, 0.6) is 0 Å². The van der Waals surface area contributed by atoms with Crippen molar-refractivity contribution < 1.29 is 4.42 Å². The SMILES string of the molecule is CCCNC(Cc1ccoc1)c1ccc(CC)cc1. The molecule has 0 aliphatic carbocycles. The van der Waals surface area contributed by atoms with Gasteiger partial charge in [-0.2, -0.15) is 0 Å². The van der Waals surface area contributed by atoms with Gasteiger partial charge in [0.1, 0.15) is 0 Å². The molecule has 1 atom stereocenters. The summed E-state index contributed by atoms with van der Waals surface area (Å²) in [5.41, 5.74) is 3.99. The van der Waals surface area contributed by atoms with Crippen LogP contribution < -0.4 is 5.32 Å². The lowest BCUT2D eigenvalue weighted by molar-refractivity contribution is 0.520.